The average molecular weight is 243 g/mol. The zero-order valence-electron chi connectivity index (χ0n) is 11.3. The van der Waals surface area contributed by atoms with E-state index in [1.165, 1.54) is 0 Å². The van der Waals surface area contributed by atoms with Gasteiger partial charge in [0.05, 0.1) is 6.42 Å². The fraction of sp³-hybridized carbons (Fsp3) is 0.833. The smallest absolute Gasteiger partial charge is 0.230 e. The molecule has 0 heterocycles. The largest absolute Gasteiger partial charge is 0.409 e. The van der Waals surface area contributed by atoms with Crippen molar-refractivity contribution in [3.05, 3.63) is 0 Å². The molecule has 0 fully saturated rings. The lowest BCUT2D eigenvalue weighted by molar-refractivity contribution is -0.133. The van der Waals surface area contributed by atoms with Crippen LogP contribution in [0.25, 0.3) is 0 Å². The summed E-state index contributed by atoms with van der Waals surface area (Å²) >= 11 is 0. The molecule has 0 radical (unpaired) electrons. The topological polar surface area (TPSA) is 78.9 Å². The van der Waals surface area contributed by atoms with Gasteiger partial charge in [0.2, 0.25) is 5.91 Å². The second kappa shape index (κ2) is 7.92. The molecule has 0 aromatic heterocycles. The summed E-state index contributed by atoms with van der Waals surface area (Å²) in [5.41, 5.74) is 5.38. The summed E-state index contributed by atoms with van der Waals surface area (Å²) in [6, 6.07) is 0.233. The van der Waals surface area contributed by atoms with E-state index in [1.54, 1.807) is 0 Å². The molecule has 0 bridgehead atoms. The van der Waals surface area contributed by atoms with Crippen LogP contribution < -0.4 is 5.73 Å². The van der Waals surface area contributed by atoms with Gasteiger partial charge in [0.1, 0.15) is 5.84 Å². The number of amidine groups is 1. The van der Waals surface area contributed by atoms with Crippen LogP contribution in [0.15, 0.2) is 5.16 Å². The summed E-state index contributed by atoms with van der Waals surface area (Å²) in [6.45, 7) is 9.00. The lowest BCUT2D eigenvalue weighted by Gasteiger charge is -2.32. The van der Waals surface area contributed by atoms with E-state index in [4.69, 9.17) is 10.9 Å². The summed E-state index contributed by atoms with van der Waals surface area (Å²) in [5.74, 6) is 0.309. The molecule has 5 heteroatoms. The Bertz CT molecular complexity index is 260. The van der Waals surface area contributed by atoms with Gasteiger partial charge in [0, 0.05) is 12.6 Å². The van der Waals surface area contributed by atoms with E-state index in [9.17, 15) is 4.79 Å². The number of carbonyl (C=O) groups excluding carboxylic acids is 1. The molecule has 0 aliphatic heterocycles. The van der Waals surface area contributed by atoms with Gasteiger partial charge < -0.3 is 15.8 Å². The van der Waals surface area contributed by atoms with Crippen molar-refractivity contribution in [2.24, 2.45) is 16.8 Å². The highest BCUT2D eigenvalue weighted by Crippen LogP contribution is 2.13. The van der Waals surface area contributed by atoms with Crippen LogP contribution in [0.3, 0.4) is 0 Å². The maximum atomic E-state index is 12.1. The van der Waals surface area contributed by atoms with Crippen molar-refractivity contribution in [3.63, 3.8) is 0 Å². The average Bonchev–Trinajstić information content (AvgIpc) is 2.28. The maximum Gasteiger partial charge on any atom is 0.230 e. The minimum atomic E-state index is -0.0669. The molecule has 100 valence electrons. The summed E-state index contributed by atoms with van der Waals surface area (Å²) in [4.78, 5) is 13.9. The van der Waals surface area contributed by atoms with Gasteiger partial charge in [-0.1, -0.05) is 32.9 Å². The Morgan fingerprint density at radius 2 is 1.88 bits per heavy atom. The van der Waals surface area contributed by atoms with Crippen LogP contribution in [-0.2, 0) is 4.79 Å². The number of rotatable bonds is 7. The van der Waals surface area contributed by atoms with Crippen LogP contribution in [0.2, 0.25) is 0 Å². The minimum Gasteiger partial charge on any atom is -0.409 e. The molecule has 0 spiro atoms. The molecule has 0 atom stereocenters. The molecule has 0 saturated carbocycles. The van der Waals surface area contributed by atoms with Crippen LogP contribution >= 0.6 is 0 Å². The van der Waals surface area contributed by atoms with Gasteiger partial charge in [-0.3, -0.25) is 4.79 Å². The molecule has 0 unspecified atom stereocenters. The van der Waals surface area contributed by atoms with E-state index in [1.807, 2.05) is 4.90 Å². The van der Waals surface area contributed by atoms with Crippen molar-refractivity contribution in [1.29, 1.82) is 0 Å². The van der Waals surface area contributed by atoms with E-state index in [2.05, 4.69) is 32.9 Å². The van der Waals surface area contributed by atoms with E-state index < -0.39 is 0 Å². The van der Waals surface area contributed by atoms with Crippen LogP contribution in [-0.4, -0.2) is 34.4 Å². The van der Waals surface area contributed by atoms with Gasteiger partial charge in [-0.15, -0.1) is 0 Å². The molecule has 0 aromatic carbocycles. The predicted octanol–water partition coefficient (Wildman–Crippen LogP) is 1.80. The van der Waals surface area contributed by atoms with Crippen molar-refractivity contribution < 1.29 is 10.0 Å². The van der Waals surface area contributed by atoms with Gasteiger partial charge in [-0.2, -0.15) is 0 Å². The van der Waals surface area contributed by atoms with Crippen LogP contribution in [0.5, 0.6) is 0 Å². The fourth-order valence-corrected chi connectivity index (χ4v) is 1.87. The first-order chi connectivity index (χ1) is 7.96. The lowest BCUT2D eigenvalue weighted by Crippen LogP contribution is -2.43. The minimum absolute atomic E-state index is 0.0142. The second-order valence-corrected chi connectivity index (χ2v) is 4.68. The molecular formula is C12H25N3O2. The highest BCUT2D eigenvalue weighted by atomic mass is 16.4. The molecule has 0 aliphatic carbocycles. The summed E-state index contributed by atoms with van der Waals surface area (Å²) < 4.78 is 0. The van der Waals surface area contributed by atoms with E-state index in [-0.39, 0.29) is 24.2 Å². The molecule has 1 amide bonds. The van der Waals surface area contributed by atoms with Gasteiger partial charge in [0.15, 0.2) is 0 Å². The van der Waals surface area contributed by atoms with E-state index in [0.29, 0.717) is 12.5 Å². The molecular weight excluding hydrogens is 218 g/mol. The second-order valence-electron chi connectivity index (χ2n) is 4.68. The SMILES string of the molecule is CCC(CC)N(CC(C)C)C(=O)CC(N)=NO. The molecule has 3 N–H and O–H groups in total. The monoisotopic (exact) mass is 243 g/mol. The molecule has 0 saturated heterocycles. The zero-order valence-corrected chi connectivity index (χ0v) is 11.3. The Balaban J connectivity index is 4.72. The van der Waals surface area contributed by atoms with Crippen LogP contribution in [0.4, 0.5) is 0 Å². The van der Waals surface area contributed by atoms with Gasteiger partial charge >= 0.3 is 0 Å². The number of hydrogen-bond acceptors (Lipinski definition) is 3. The van der Waals surface area contributed by atoms with Crippen molar-refractivity contribution in [3.8, 4) is 0 Å². The van der Waals surface area contributed by atoms with Crippen molar-refractivity contribution >= 4 is 11.7 Å². The van der Waals surface area contributed by atoms with Crippen LogP contribution in [0, 0.1) is 5.92 Å². The third-order valence-corrected chi connectivity index (χ3v) is 2.73. The molecule has 0 rings (SSSR count). The summed E-state index contributed by atoms with van der Waals surface area (Å²) in [6.07, 6.45) is 1.83. The Hall–Kier alpha value is -1.26. The molecule has 0 aliphatic rings. The van der Waals surface area contributed by atoms with Crippen molar-refractivity contribution in [1.82, 2.24) is 4.90 Å². The third kappa shape index (κ3) is 5.56. The highest BCUT2D eigenvalue weighted by molar-refractivity contribution is 5.98. The van der Waals surface area contributed by atoms with Gasteiger partial charge in [0.25, 0.3) is 0 Å². The van der Waals surface area contributed by atoms with Crippen LogP contribution in [0.1, 0.15) is 47.0 Å². The molecule has 5 nitrogen and oxygen atoms in total. The summed E-state index contributed by atoms with van der Waals surface area (Å²) in [7, 11) is 0. The highest BCUT2D eigenvalue weighted by Gasteiger charge is 2.22. The number of nitrogens with two attached hydrogens (primary N) is 1. The van der Waals surface area contributed by atoms with E-state index >= 15 is 0 Å². The van der Waals surface area contributed by atoms with Crippen molar-refractivity contribution in [2.75, 3.05) is 6.54 Å². The number of hydrogen-bond donors (Lipinski definition) is 2. The maximum absolute atomic E-state index is 12.1. The first kappa shape index (κ1) is 15.7. The molecule has 0 aromatic rings. The van der Waals surface area contributed by atoms with Crippen molar-refractivity contribution in [2.45, 2.75) is 53.0 Å². The lowest BCUT2D eigenvalue weighted by atomic mass is 10.1. The standard InChI is InChI=1S/C12H25N3O2/c1-5-10(6-2)15(8-9(3)4)12(16)7-11(13)14-17/h9-10,17H,5-8H2,1-4H3,(H2,13,14). The Morgan fingerprint density at radius 1 is 1.35 bits per heavy atom. The number of oxime groups is 1. The van der Waals surface area contributed by atoms with Gasteiger partial charge in [-0.05, 0) is 18.8 Å². The number of nitrogens with zero attached hydrogens (tertiary/aromatic N) is 2. The fourth-order valence-electron chi connectivity index (χ4n) is 1.87. The number of carbonyl (C=O) groups is 1. The Labute approximate surface area is 104 Å². The Morgan fingerprint density at radius 3 is 2.24 bits per heavy atom. The summed E-state index contributed by atoms with van der Waals surface area (Å²) in [5, 5.41) is 11.3. The van der Waals surface area contributed by atoms with E-state index in [0.717, 1.165) is 12.8 Å². The number of amides is 1. The van der Waals surface area contributed by atoms with Gasteiger partial charge in [-0.25, -0.2) is 0 Å². The normalized spacial score (nSPS) is 12.2. The quantitative estimate of drug-likeness (QED) is 0.310. The molecule has 17 heavy (non-hydrogen) atoms. The first-order valence-electron chi connectivity index (χ1n) is 6.22. The predicted molar refractivity (Wildman–Crippen MR) is 68.9 cm³/mol. The first-order valence-corrected chi connectivity index (χ1v) is 6.22. The third-order valence-electron chi connectivity index (χ3n) is 2.73. The zero-order chi connectivity index (χ0) is 13.4. The Kier molecular flexibility index (Phi) is 7.34.